The summed E-state index contributed by atoms with van der Waals surface area (Å²) in [6.45, 7) is 6.22. The van der Waals surface area contributed by atoms with E-state index in [1.165, 1.54) is 18.4 Å². The summed E-state index contributed by atoms with van der Waals surface area (Å²) in [6.07, 6.45) is 0.746. The highest BCUT2D eigenvalue weighted by Gasteiger charge is 2.31. The van der Waals surface area contributed by atoms with E-state index >= 15 is 0 Å². The van der Waals surface area contributed by atoms with Crippen LogP contribution < -0.4 is 11.5 Å². The second-order valence-electron chi connectivity index (χ2n) is 8.99. The molecule has 0 radical (unpaired) electrons. The van der Waals surface area contributed by atoms with Crippen LogP contribution in [0.4, 0.5) is 24.3 Å². The number of hydrogen-bond acceptors (Lipinski definition) is 9. The third-order valence-corrected chi connectivity index (χ3v) is 6.60. The van der Waals surface area contributed by atoms with Crippen LogP contribution in [0, 0.1) is 18.6 Å². The zero-order valence-electron chi connectivity index (χ0n) is 21.7. The summed E-state index contributed by atoms with van der Waals surface area (Å²) in [6, 6.07) is 4.73. The number of anilines is 2. The monoisotopic (exact) mass is 589 g/mol. The Bertz CT molecular complexity index is 1580. The molecule has 214 valence electrons. The van der Waals surface area contributed by atoms with Gasteiger partial charge in [0.15, 0.2) is 0 Å². The van der Waals surface area contributed by atoms with Gasteiger partial charge >= 0.3 is 11.9 Å². The van der Waals surface area contributed by atoms with Crippen molar-refractivity contribution < 1.29 is 41.9 Å². The first kappa shape index (κ1) is 29.7. The molecule has 4 heterocycles. The number of nitrogens with two attached hydrogens (primary N) is 2. The number of benzene rings is 2. The first-order valence-corrected chi connectivity index (χ1v) is 13.0. The molecule has 6 rings (SSSR count). The molecule has 4 aromatic rings. The summed E-state index contributed by atoms with van der Waals surface area (Å²) in [5.74, 6) is -3.75. The fourth-order valence-corrected chi connectivity index (χ4v) is 4.78. The van der Waals surface area contributed by atoms with Crippen LogP contribution in [0.25, 0.3) is 21.8 Å². The second kappa shape index (κ2) is 11.7. The van der Waals surface area contributed by atoms with Crippen molar-refractivity contribution in [2.75, 3.05) is 17.7 Å². The van der Waals surface area contributed by atoms with Crippen LogP contribution in [0.5, 0.6) is 0 Å². The van der Waals surface area contributed by atoms with Crippen molar-refractivity contribution in [2.24, 2.45) is 0 Å². The fourth-order valence-electron chi connectivity index (χ4n) is 4.78. The van der Waals surface area contributed by atoms with E-state index in [1.807, 2.05) is 6.92 Å². The van der Waals surface area contributed by atoms with Gasteiger partial charge in [-0.05, 0) is 24.6 Å². The van der Waals surface area contributed by atoms with Crippen molar-refractivity contribution in [3.05, 3.63) is 76.2 Å². The Morgan fingerprint density at radius 3 is 1.78 bits per heavy atom. The van der Waals surface area contributed by atoms with Gasteiger partial charge in [-0.25, -0.2) is 28.3 Å². The number of aromatic nitrogens is 2. The van der Waals surface area contributed by atoms with Gasteiger partial charge in [-0.3, -0.25) is 0 Å². The molecule has 0 amide bonds. The Morgan fingerprint density at radius 1 is 0.902 bits per heavy atom. The summed E-state index contributed by atoms with van der Waals surface area (Å²) in [5.41, 5.74) is 14.5. The summed E-state index contributed by atoms with van der Waals surface area (Å²) >= 11 is 0.250. The molecule has 1 unspecified atom stereocenters. The van der Waals surface area contributed by atoms with E-state index in [2.05, 4.69) is 16.9 Å². The largest absolute Gasteiger partial charge is 0.478 e. The van der Waals surface area contributed by atoms with Gasteiger partial charge in [-0.2, -0.15) is 3.89 Å². The number of carboxylic acid groups (broad SMARTS) is 2. The number of pyridine rings is 2. The summed E-state index contributed by atoms with van der Waals surface area (Å²) < 4.78 is 48.3. The van der Waals surface area contributed by atoms with E-state index < -0.39 is 35.2 Å². The van der Waals surface area contributed by atoms with E-state index in [0.717, 1.165) is 28.8 Å². The number of nitrogen functional groups attached to an aromatic ring is 2. The fraction of sp³-hybridized carbons (Fsp3) is 0.222. The Kier molecular flexibility index (Phi) is 8.47. The molecule has 0 bridgehead atoms. The molecule has 0 fully saturated rings. The highest BCUT2D eigenvalue weighted by molar-refractivity contribution is 7.93. The zero-order valence-corrected chi connectivity index (χ0v) is 22.5. The van der Waals surface area contributed by atoms with Crippen LogP contribution >= 0.6 is 12.1 Å². The average Bonchev–Trinajstić information content (AvgIpc) is 3.48. The highest BCUT2D eigenvalue weighted by atomic mass is 32.2. The van der Waals surface area contributed by atoms with Crippen LogP contribution in [0.1, 0.15) is 62.1 Å². The normalized spacial score (nSPS) is 16.8. The molecule has 41 heavy (non-hydrogen) atoms. The maximum absolute atomic E-state index is 13.6. The predicted octanol–water partition coefficient (Wildman–Crippen LogP) is 5.54. The van der Waals surface area contributed by atoms with Crippen molar-refractivity contribution in [1.29, 1.82) is 0 Å². The van der Waals surface area contributed by atoms with Gasteiger partial charge in [0.05, 0.1) is 54.0 Å². The van der Waals surface area contributed by atoms with Crippen LogP contribution in [0.3, 0.4) is 0 Å². The van der Waals surface area contributed by atoms with Gasteiger partial charge < -0.3 is 31.2 Å². The maximum atomic E-state index is 13.6. The third-order valence-electron chi connectivity index (χ3n) is 6.60. The molecule has 2 aliphatic rings. The van der Waals surface area contributed by atoms with E-state index in [-0.39, 0.29) is 36.2 Å². The molecular formula is C27H24F3N4O6S+. The number of fused-ring (bicyclic) bond motifs is 6. The minimum atomic E-state index is -1.32. The third kappa shape index (κ3) is 5.53. The molecular weight excluding hydrogens is 565 g/mol. The van der Waals surface area contributed by atoms with E-state index in [9.17, 15) is 22.3 Å². The number of carbonyl (C=O) groups is 2. The molecule has 0 aliphatic carbocycles. The van der Waals surface area contributed by atoms with Crippen molar-refractivity contribution in [1.82, 2.24) is 9.97 Å². The number of rotatable bonds is 2. The van der Waals surface area contributed by atoms with Crippen LogP contribution in [0.2, 0.25) is 0 Å². The quantitative estimate of drug-likeness (QED) is 0.216. The number of halogens is 3. The van der Waals surface area contributed by atoms with Gasteiger partial charge in [-0.1, -0.05) is 0 Å². The lowest BCUT2D eigenvalue weighted by molar-refractivity contribution is 0.0681. The van der Waals surface area contributed by atoms with Gasteiger partial charge in [-0.15, -0.1) is 0 Å². The van der Waals surface area contributed by atoms with E-state index in [4.69, 9.17) is 31.2 Å². The first-order chi connectivity index (χ1) is 19.4. The molecule has 0 saturated heterocycles. The van der Waals surface area contributed by atoms with Gasteiger partial charge in [0.25, 0.3) is 0 Å². The standard InChI is InChI=1S/C13H11FN2O3.C13H9FN2O3.CH3FS/c2*1-5-11-8(4-19-5)6-2-7(13(17)18)9(14)3-10(6)16-12(11)15;1-3-2/h2-3,5H,4H2,1H3,(H2,15,16)(H,17,18);2-3,5H,1,4H2,(H2-,15,16,17,18);1H3/p+1/t;5-;/m.1./s1. The molecule has 2 aromatic heterocycles. The van der Waals surface area contributed by atoms with Gasteiger partial charge in [0.2, 0.25) is 6.10 Å². The number of aromatic carboxylic acids is 2. The summed E-state index contributed by atoms with van der Waals surface area (Å²) in [4.78, 5) is 30.2. The number of nitrogens with zero attached hydrogens (tertiary/aromatic N) is 2. The SMILES string of the molecule is CC1OCc2c1c(N)nc1cc(F)c(C(=O)O)cc21.CSF.[CH2+][C@H]1OCc2c1c(N)nc1cc(F)c(C(=O)O)cc21. The number of carboxylic acids is 2. The Hall–Kier alpha value is -4.27. The highest BCUT2D eigenvalue weighted by Crippen LogP contribution is 2.39. The molecule has 2 atom stereocenters. The van der Waals surface area contributed by atoms with Crippen molar-refractivity contribution in [3.8, 4) is 0 Å². The van der Waals surface area contributed by atoms with Crippen LogP contribution in [-0.2, 0) is 22.7 Å². The Labute approximate surface area is 235 Å². The molecule has 0 saturated carbocycles. The zero-order chi connectivity index (χ0) is 30.2. The van der Waals surface area contributed by atoms with Gasteiger partial charge in [0, 0.05) is 52.4 Å². The molecule has 2 aromatic carbocycles. The summed E-state index contributed by atoms with van der Waals surface area (Å²) in [5, 5.41) is 19.0. The molecule has 14 heteroatoms. The predicted molar refractivity (Wildman–Crippen MR) is 147 cm³/mol. The lowest BCUT2D eigenvalue weighted by Crippen LogP contribution is -2.04. The smallest absolute Gasteiger partial charge is 0.338 e. The lowest BCUT2D eigenvalue weighted by atomic mass is 10.00. The number of ether oxygens (including phenoxy) is 2. The topological polar surface area (TPSA) is 171 Å². The number of hydrogen-bond donors (Lipinski definition) is 4. The lowest BCUT2D eigenvalue weighted by Gasteiger charge is -2.10. The molecule has 6 N–H and O–H groups in total. The molecule has 10 nitrogen and oxygen atoms in total. The minimum Gasteiger partial charge on any atom is -0.478 e. The van der Waals surface area contributed by atoms with Crippen molar-refractivity contribution in [3.63, 3.8) is 0 Å². The van der Waals surface area contributed by atoms with Crippen molar-refractivity contribution >= 4 is 57.5 Å². The minimum absolute atomic E-state index is 0.190. The first-order valence-electron chi connectivity index (χ1n) is 11.9. The van der Waals surface area contributed by atoms with Crippen molar-refractivity contribution in [2.45, 2.75) is 32.3 Å². The summed E-state index contributed by atoms with van der Waals surface area (Å²) in [7, 11) is 0. The van der Waals surface area contributed by atoms with E-state index in [1.54, 1.807) is 0 Å². The Balaban J connectivity index is 0.000000173. The average molecular weight is 590 g/mol. The molecule has 2 aliphatic heterocycles. The van der Waals surface area contributed by atoms with Crippen LogP contribution in [-0.4, -0.2) is 38.4 Å². The van der Waals surface area contributed by atoms with E-state index in [0.29, 0.717) is 39.8 Å². The Morgan fingerprint density at radius 2 is 1.32 bits per heavy atom. The maximum Gasteiger partial charge on any atom is 0.338 e. The molecule has 0 spiro atoms. The van der Waals surface area contributed by atoms with Crippen LogP contribution in [0.15, 0.2) is 24.3 Å². The second-order valence-corrected chi connectivity index (χ2v) is 9.30. The van der Waals surface area contributed by atoms with Gasteiger partial charge in [0.1, 0.15) is 23.3 Å².